The van der Waals surface area contributed by atoms with Crippen LogP contribution < -0.4 is 10.9 Å². The van der Waals surface area contributed by atoms with Gasteiger partial charge in [0.25, 0.3) is 11.5 Å². The molecule has 33 heavy (non-hydrogen) atoms. The minimum Gasteiger partial charge on any atom is -0.352 e. The number of allylic oxidation sites excluding steroid dienone is 1. The van der Waals surface area contributed by atoms with Crippen LogP contribution in [0.4, 0.5) is 0 Å². The first-order valence-corrected chi connectivity index (χ1v) is 11.2. The van der Waals surface area contributed by atoms with E-state index >= 15 is 0 Å². The van der Waals surface area contributed by atoms with Crippen molar-refractivity contribution in [2.45, 2.75) is 18.9 Å². The van der Waals surface area contributed by atoms with E-state index in [9.17, 15) is 9.59 Å². The molecule has 1 amide bonds. The van der Waals surface area contributed by atoms with Crippen molar-refractivity contribution in [3.05, 3.63) is 123 Å². The lowest BCUT2D eigenvalue weighted by molar-refractivity contribution is 0.0953. The summed E-state index contributed by atoms with van der Waals surface area (Å²) in [6.45, 7) is 4.51. The molecular weight excluding hydrogens is 430 g/mol. The van der Waals surface area contributed by atoms with Crippen LogP contribution in [0.25, 0.3) is 10.9 Å². The molecule has 2 N–H and O–H groups in total. The standard InChI is InChI=1S/C27H25N3O2S/c1-2-17-30-26(32)23-14-13-21(18-24(23)29-27(30)33)25(31)28-16-15-22(19-9-5-3-6-10-19)20-11-7-4-8-12-20/h2-14,18,22H,1,15-17H2,(H,28,31)(H,29,33). The highest BCUT2D eigenvalue weighted by Crippen LogP contribution is 2.27. The number of rotatable bonds is 8. The number of nitrogens with zero attached hydrogens (tertiary/aromatic N) is 1. The van der Waals surface area contributed by atoms with Gasteiger partial charge in [0.1, 0.15) is 0 Å². The van der Waals surface area contributed by atoms with Crippen LogP contribution in [0.15, 0.2) is 96.3 Å². The number of carbonyl (C=O) groups excluding carboxylic acids is 1. The van der Waals surface area contributed by atoms with Crippen LogP contribution in [-0.2, 0) is 6.54 Å². The average molecular weight is 456 g/mol. The summed E-state index contributed by atoms with van der Waals surface area (Å²) in [5.74, 6) is -0.00454. The summed E-state index contributed by atoms with van der Waals surface area (Å²) in [5.41, 5.74) is 3.25. The van der Waals surface area contributed by atoms with Gasteiger partial charge in [-0.15, -0.1) is 6.58 Å². The number of aromatic amines is 1. The van der Waals surface area contributed by atoms with Gasteiger partial charge in [-0.05, 0) is 48.0 Å². The molecule has 1 heterocycles. The van der Waals surface area contributed by atoms with E-state index < -0.39 is 0 Å². The van der Waals surface area contributed by atoms with Gasteiger partial charge in [-0.2, -0.15) is 0 Å². The smallest absolute Gasteiger partial charge is 0.262 e. The van der Waals surface area contributed by atoms with Crippen molar-refractivity contribution in [2.24, 2.45) is 0 Å². The maximum Gasteiger partial charge on any atom is 0.262 e. The molecule has 3 aromatic carbocycles. The molecule has 5 nitrogen and oxygen atoms in total. The zero-order chi connectivity index (χ0) is 23.2. The Morgan fingerprint density at radius 2 is 1.67 bits per heavy atom. The fourth-order valence-corrected chi connectivity index (χ4v) is 4.29. The predicted molar refractivity (Wildman–Crippen MR) is 135 cm³/mol. The van der Waals surface area contributed by atoms with Gasteiger partial charge in [-0.3, -0.25) is 14.2 Å². The molecule has 0 bridgehead atoms. The van der Waals surface area contributed by atoms with Crippen molar-refractivity contribution >= 4 is 29.0 Å². The highest BCUT2D eigenvalue weighted by atomic mass is 32.1. The third kappa shape index (κ3) is 5.02. The van der Waals surface area contributed by atoms with Crippen LogP contribution in [0, 0.1) is 4.77 Å². The molecule has 0 saturated carbocycles. The molecule has 0 aliphatic rings. The lowest BCUT2D eigenvalue weighted by Crippen LogP contribution is -2.26. The quantitative estimate of drug-likeness (QED) is 0.284. The Morgan fingerprint density at radius 3 is 2.27 bits per heavy atom. The van der Waals surface area contributed by atoms with Gasteiger partial charge < -0.3 is 10.3 Å². The van der Waals surface area contributed by atoms with Gasteiger partial charge in [0.15, 0.2) is 4.77 Å². The van der Waals surface area contributed by atoms with Crippen LogP contribution in [0.2, 0.25) is 0 Å². The topological polar surface area (TPSA) is 66.9 Å². The number of benzene rings is 3. The molecule has 1 aromatic heterocycles. The fourth-order valence-electron chi connectivity index (χ4n) is 4.02. The molecular formula is C27H25N3O2S. The van der Waals surface area contributed by atoms with Crippen molar-refractivity contribution < 1.29 is 4.79 Å². The first kappa shape index (κ1) is 22.4. The first-order chi connectivity index (χ1) is 16.1. The van der Waals surface area contributed by atoms with Gasteiger partial charge in [-0.25, -0.2) is 0 Å². The normalized spacial score (nSPS) is 10.9. The SMILES string of the molecule is C=CCn1c(=S)[nH]c2cc(C(=O)NCCC(c3ccccc3)c3ccccc3)ccc2c1=O. The molecule has 166 valence electrons. The van der Waals surface area contributed by atoms with Gasteiger partial charge in [0.05, 0.1) is 10.9 Å². The number of carbonyl (C=O) groups is 1. The van der Waals surface area contributed by atoms with Gasteiger partial charge in [-0.1, -0.05) is 66.7 Å². The second kappa shape index (κ2) is 10.2. The first-order valence-electron chi connectivity index (χ1n) is 10.8. The van der Waals surface area contributed by atoms with E-state index in [4.69, 9.17) is 12.2 Å². The average Bonchev–Trinajstić information content (AvgIpc) is 2.85. The summed E-state index contributed by atoms with van der Waals surface area (Å²) >= 11 is 5.29. The maximum absolute atomic E-state index is 12.8. The number of nitrogens with one attached hydrogen (secondary N) is 2. The van der Waals surface area contributed by atoms with Crippen molar-refractivity contribution in [3.63, 3.8) is 0 Å². The molecule has 0 atom stereocenters. The van der Waals surface area contributed by atoms with E-state index in [1.165, 1.54) is 15.7 Å². The van der Waals surface area contributed by atoms with Crippen LogP contribution in [0.1, 0.15) is 33.8 Å². The zero-order valence-electron chi connectivity index (χ0n) is 18.2. The monoisotopic (exact) mass is 455 g/mol. The Morgan fingerprint density at radius 1 is 1.03 bits per heavy atom. The van der Waals surface area contributed by atoms with Gasteiger partial charge in [0.2, 0.25) is 0 Å². The van der Waals surface area contributed by atoms with E-state index in [0.29, 0.717) is 34.3 Å². The minimum atomic E-state index is -0.200. The lowest BCUT2D eigenvalue weighted by atomic mass is 9.88. The molecule has 0 unspecified atom stereocenters. The van der Waals surface area contributed by atoms with Crippen LogP contribution in [0.5, 0.6) is 0 Å². The Labute approximate surface area is 197 Å². The third-order valence-corrected chi connectivity index (χ3v) is 6.00. The van der Waals surface area contributed by atoms with Crippen molar-refractivity contribution in [1.29, 1.82) is 0 Å². The summed E-state index contributed by atoms with van der Waals surface area (Å²) in [6.07, 6.45) is 2.39. The predicted octanol–water partition coefficient (Wildman–Crippen LogP) is 5.20. The molecule has 0 saturated heterocycles. The molecule has 4 aromatic rings. The molecule has 6 heteroatoms. The second-order valence-electron chi connectivity index (χ2n) is 7.81. The number of amides is 1. The van der Waals surface area contributed by atoms with Crippen LogP contribution >= 0.6 is 12.2 Å². The summed E-state index contributed by atoms with van der Waals surface area (Å²) < 4.78 is 1.75. The number of fused-ring (bicyclic) bond motifs is 1. The van der Waals surface area contributed by atoms with Crippen LogP contribution in [0.3, 0.4) is 0 Å². The Bertz CT molecular complexity index is 1350. The van der Waals surface area contributed by atoms with E-state index in [1.807, 2.05) is 36.4 Å². The zero-order valence-corrected chi connectivity index (χ0v) is 19.0. The second-order valence-corrected chi connectivity index (χ2v) is 8.20. The summed E-state index contributed by atoms with van der Waals surface area (Å²) in [6, 6.07) is 25.6. The Balaban J connectivity index is 1.51. The maximum atomic E-state index is 12.8. The summed E-state index contributed by atoms with van der Waals surface area (Å²) in [5, 5.41) is 3.50. The molecule has 0 spiro atoms. The highest BCUT2D eigenvalue weighted by molar-refractivity contribution is 7.71. The van der Waals surface area contributed by atoms with E-state index in [1.54, 1.807) is 24.3 Å². The number of aromatic nitrogens is 2. The van der Waals surface area contributed by atoms with Gasteiger partial charge >= 0.3 is 0 Å². The molecule has 4 rings (SSSR count). The van der Waals surface area contributed by atoms with Gasteiger partial charge in [0, 0.05) is 24.6 Å². The van der Waals surface area contributed by atoms with E-state index in [-0.39, 0.29) is 17.4 Å². The lowest BCUT2D eigenvalue weighted by Gasteiger charge is -2.18. The Kier molecular flexibility index (Phi) is 6.95. The van der Waals surface area contributed by atoms with E-state index in [2.05, 4.69) is 41.1 Å². The number of hydrogen-bond donors (Lipinski definition) is 2. The summed E-state index contributed by atoms with van der Waals surface area (Å²) in [7, 11) is 0. The summed E-state index contributed by atoms with van der Waals surface area (Å²) in [4.78, 5) is 28.5. The molecule has 0 fully saturated rings. The number of hydrogen-bond acceptors (Lipinski definition) is 3. The number of H-pyrrole nitrogens is 1. The highest BCUT2D eigenvalue weighted by Gasteiger charge is 2.15. The van der Waals surface area contributed by atoms with Crippen molar-refractivity contribution in [2.75, 3.05) is 6.54 Å². The largest absolute Gasteiger partial charge is 0.352 e. The Hall–Kier alpha value is -3.77. The minimum absolute atomic E-state index is 0.184. The molecule has 0 radical (unpaired) electrons. The van der Waals surface area contributed by atoms with Crippen LogP contribution in [-0.4, -0.2) is 22.0 Å². The van der Waals surface area contributed by atoms with E-state index in [0.717, 1.165) is 6.42 Å². The third-order valence-electron chi connectivity index (χ3n) is 5.68. The molecule has 0 aliphatic carbocycles. The van der Waals surface area contributed by atoms with Crippen molar-refractivity contribution in [3.8, 4) is 0 Å². The fraction of sp³-hybridized carbons (Fsp3) is 0.148. The van der Waals surface area contributed by atoms with Crippen molar-refractivity contribution in [1.82, 2.24) is 14.9 Å². The molecule has 0 aliphatic heterocycles.